The highest BCUT2D eigenvalue weighted by molar-refractivity contribution is 8.23. The quantitative estimate of drug-likeness (QED) is 0.466. The number of nitrogens with zero attached hydrogens (tertiary/aromatic N) is 1. The zero-order valence-electron chi connectivity index (χ0n) is 16.9. The molecule has 1 heterocycles. The lowest BCUT2D eigenvalue weighted by atomic mass is 10.1. The van der Waals surface area contributed by atoms with Gasteiger partial charge in [-0.1, -0.05) is 18.2 Å². The molecular weight excluding hydrogens is 386 g/mol. The standard InChI is InChI=1S/C23H29NO2S2/c1-18(23-27-16-7-17-28-23)21-8-4-5-9-22(21)26-20-12-10-19(11-13-20)25-15-6-14-24(2)3/h4-5,8-13H,6-7,14-17H2,1-3H3. The van der Waals surface area contributed by atoms with Crippen molar-refractivity contribution in [2.24, 2.45) is 0 Å². The molecule has 28 heavy (non-hydrogen) atoms. The van der Waals surface area contributed by atoms with Gasteiger partial charge < -0.3 is 14.4 Å². The van der Waals surface area contributed by atoms with Crippen LogP contribution in [0, 0.1) is 0 Å². The van der Waals surface area contributed by atoms with Gasteiger partial charge in [0.05, 0.1) is 6.61 Å². The third-order valence-corrected chi connectivity index (χ3v) is 7.25. The largest absolute Gasteiger partial charge is 0.494 e. The summed E-state index contributed by atoms with van der Waals surface area (Å²) in [5, 5.41) is 0. The van der Waals surface area contributed by atoms with Gasteiger partial charge in [0, 0.05) is 16.3 Å². The van der Waals surface area contributed by atoms with Crippen LogP contribution in [-0.4, -0.2) is 43.7 Å². The van der Waals surface area contributed by atoms with Crippen LogP contribution in [0.2, 0.25) is 0 Å². The molecule has 5 heteroatoms. The Morgan fingerprint density at radius 1 is 0.964 bits per heavy atom. The van der Waals surface area contributed by atoms with Crippen LogP contribution in [0.3, 0.4) is 0 Å². The van der Waals surface area contributed by atoms with E-state index in [1.165, 1.54) is 33.3 Å². The fourth-order valence-electron chi connectivity index (χ4n) is 2.92. The van der Waals surface area contributed by atoms with Crippen LogP contribution >= 0.6 is 23.5 Å². The Morgan fingerprint density at radius 3 is 2.36 bits per heavy atom. The van der Waals surface area contributed by atoms with Crippen LogP contribution in [0.4, 0.5) is 0 Å². The number of ether oxygens (including phenoxy) is 2. The van der Waals surface area contributed by atoms with Crippen molar-refractivity contribution in [2.45, 2.75) is 19.8 Å². The number of thioether (sulfide) groups is 2. The molecule has 1 aliphatic rings. The van der Waals surface area contributed by atoms with E-state index in [0.717, 1.165) is 36.8 Å². The predicted molar refractivity (Wildman–Crippen MR) is 124 cm³/mol. The van der Waals surface area contributed by atoms with Gasteiger partial charge in [0.25, 0.3) is 0 Å². The van der Waals surface area contributed by atoms with E-state index in [0.29, 0.717) is 0 Å². The number of benzene rings is 2. The van der Waals surface area contributed by atoms with Gasteiger partial charge in [-0.05, 0) is 81.3 Å². The zero-order valence-corrected chi connectivity index (χ0v) is 18.6. The van der Waals surface area contributed by atoms with Gasteiger partial charge in [-0.2, -0.15) is 0 Å². The summed E-state index contributed by atoms with van der Waals surface area (Å²) in [4.78, 5) is 2.17. The van der Waals surface area contributed by atoms with Crippen molar-refractivity contribution in [1.82, 2.24) is 4.90 Å². The van der Waals surface area contributed by atoms with Gasteiger partial charge in [-0.15, -0.1) is 23.5 Å². The van der Waals surface area contributed by atoms with Gasteiger partial charge in [0.2, 0.25) is 0 Å². The molecule has 150 valence electrons. The maximum Gasteiger partial charge on any atom is 0.134 e. The van der Waals surface area contributed by atoms with Crippen molar-refractivity contribution in [3.8, 4) is 17.2 Å². The molecule has 0 bridgehead atoms. The summed E-state index contributed by atoms with van der Waals surface area (Å²) in [5.41, 5.74) is 2.48. The minimum absolute atomic E-state index is 0.726. The molecule has 3 rings (SSSR count). The first-order chi connectivity index (χ1) is 13.6. The third kappa shape index (κ3) is 6.23. The second-order valence-corrected chi connectivity index (χ2v) is 9.51. The van der Waals surface area contributed by atoms with Crippen LogP contribution in [0.5, 0.6) is 17.2 Å². The number of hydrogen-bond donors (Lipinski definition) is 0. The van der Waals surface area contributed by atoms with Gasteiger partial charge in [0.1, 0.15) is 17.2 Å². The Balaban J connectivity index is 1.65. The van der Waals surface area contributed by atoms with Crippen molar-refractivity contribution in [3.05, 3.63) is 58.3 Å². The summed E-state index contributed by atoms with van der Waals surface area (Å²) >= 11 is 3.92. The van der Waals surface area contributed by atoms with Crippen molar-refractivity contribution >= 4 is 29.1 Å². The fraction of sp³-hybridized carbons (Fsp3) is 0.391. The predicted octanol–water partition coefficient (Wildman–Crippen LogP) is 6.37. The summed E-state index contributed by atoms with van der Waals surface area (Å²) in [6, 6.07) is 16.2. The summed E-state index contributed by atoms with van der Waals surface area (Å²) in [5.74, 6) is 5.03. The van der Waals surface area contributed by atoms with E-state index >= 15 is 0 Å². The lowest BCUT2D eigenvalue weighted by molar-refractivity contribution is 0.281. The molecule has 0 amide bonds. The Morgan fingerprint density at radius 2 is 1.64 bits per heavy atom. The van der Waals surface area contributed by atoms with E-state index in [4.69, 9.17) is 9.47 Å². The zero-order chi connectivity index (χ0) is 19.8. The van der Waals surface area contributed by atoms with E-state index < -0.39 is 0 Å². The van der Waals surface area contributed by atoms with Crippen molar-refractivity contribution < 1.29 is 9.47 Å². The van der Waals surface area contributed by atoms with Crippen molar-refractivity contribution in [3.63, 3.8) is 0 Å². The highest BCUT2D eigenvalue weighted by Gasteiger charge is 2.14. The first-order valence-electron chi connectivity index (χ1n) is 9.75. The summed E-state index contributed by atoms with van der Waals surface area (Å²) in [6.07, 6.45) is 2.30. The maximum absolute atomic E-state index is 6.22. The van der Waals surface area contributed by atoms with Gasteiger partial charge in [-0.3, -0.25) is 0 Å². The second-order valence-electron chi connectivity index (χ2n) is 7.04. The first kappa shape index (κ1) is 21.2. The average Bonchev–Trinajstić information content (AvgIpc) is 2.73. The lowest BCUT2D eigenvalue weighted by Gasteiger charge is -2.18. The average molecular weight is 416 g/mol. The molecule has 1 saturated heterocycles. The smallest absolute Gasteiger partial charge is 0.134 e. The molecule has 0 atom stereocenters. The van der Waals surface area contributed by atoms with Crippen LogP contribution in [0.25, 0.3) is 5.57 Å². The van der Waals surface area contributed by atoms with Gasteiger partial charge in [-0.25, -0.2) is 0 Å². The van der Waals surface area contributed by atoms with Crippen LogP contribution in [0.15, 0.2) is 52.8 Å². The first-order valence-corrected chi connectivity index (χ1v) is 11.7. The minimum atomic E-state index is 0.726. The molecule has 0 aliphatic carbocycles. The van der Waals surface area contributed by atoms with E-state index in [1.54, 1.807) is 0 Å². The highest BCUT2D eigenvalue weighted by Crippen LogP contribution is 2.42. The van der Waals surface area contributed by atoms with Crippen molar-refractivity contribution in [1.29, 1.82) is 0 Å². The van der Waals surface area contributed by atoms with E-state index in [2.05, 4.69) is 38.1 Å². The Bertz CT molecular complexity index is 779. The van der Waals surface area contributed by atoms with Crippen molar-refractivity contribution in [2.75, 3.05) is 38.8 Å². The monoisotopic (exact) mass is 415 g/mol. The number of para-hydroxylation sites is 1. The number of rotatable bonds is 8. The topological polar surface area (TPSA) is 21.7 Å². The van der Waals surface area contributed by atoms with Crippen LogP contribution < -0.4 is 9.47 Å². The number of hydrogen-bond acceptors (Lipinski definition) is 5. The Labute approximate surface area is 177 Å². The minimum Gasteiger partial charge on any atom is -0.494 e. The Kier molecular flexibility index (Phi) is 8.19. The van der Waals surface area contributed by atoms with E-state index in [-0.39, 0.29) is 0 Å². The molecule has 0 N–H and O–H groups in total. The maximum atomic E-state index is 6.22. The van der Waals surface area contributed by atoms with Crippen LogP contribution in [0.1, 0.15) is 25.3 Å². The molecular formula is C23H29NO2S2. The third-order valence-electron chi connectivity index (χ3n) is 4.42. The molecule has 1 fully saturated rings. The molecule has 2 aromatic carbocycles. The molecule has 0 aromatic heterocycles. The Hall–Kier alpha value is -1.56. The summed E-state index contributed by atoms with van der Waals surface area (Å²) in [7, 11) is 4.15. The molecule has 1 aliphatic heterocycles. The lowest BCUT2D eigenvalue weighted by Crippen LogP contribution is -2.15. The molecule has 0 spiro atoms. The van der Waals surface area contributed by atoms with E-state index in [9.17, 15) is 0 Å². The van der Waals surface area contributed by atoms with Crippen LogP contribution in [-0.2, 0) is 0 Å². The molecule has 3 nitrogen and oxygen atoms in total. The fourth-order valence-corrected chi connectivity index (χ4v) is 5.54. The van der Waals surface area contributed by atoms with Gasteiger partial charge >= 0.3 is 0 Å². The van der Waals surface area contributed by atoms with Gasteiger partial charge in [0.15, 0.2) is 0 Å². The van der Waals surface area contributed by atoms with E-state index in [1.807, 2.05) is 59.9 Å². The molecule has 0 saturated carbocycles. The summed E-state index contributed by atoms with van der Waals surface area (Å²) in [6.45, 7) is 3.96. The highest BCUT2D eigenvalue weighted by atomic mass is 32.2. The normalized spacial score (nSPS) is 14.2. The number of allylic oxidation sites excluding steroid dienone is 1. The second kappa shape index (κ2) is 10.8. The SMILES string of the molecule is CC(=C1SCCCS1)c1ccccc1Oc1ccc(OCCCN(C)C)cc1. The summed E-state index contributed by atoms with van der Waals surface area (Å²) < 4.78 is 13.4. The molecule has 2 aromatic rings. The molecule has 0 unspecified atom stereocenters. The molecule has 0 radical (unpaired) electrons.